The molecular formula is C21H27N3O. The molecule has 1 fully saturated rings. The van der Waals surface area contributed by atoms with E-state index in [-0.39, 0.29) is 5.91 Å². The van der Waals surface area contributed by atoms with Crippen molar-refractivity contribution in [1.82, 2.24) is 10.3 Å². The van der Waals surface area contributed by atoms with Crippen molar-refractivity contribution in [2.75, 3.05) is 11.9 Å². The Hall–Kier alpha value is -2.36. The van der Waals surface area contributed by atoms with Gasteiger partial charge in [-0.25, -0.2) is 4.98 Å². The van der Waals surface area contributed by atoms with Crippen LogP contribution in [0, 0.1) is 0 Å². The van der Waals surface area contributed by atoms with Crippen LogP contribution in [0.2, 0.25) is 0 Å². The van der Waals surface area contributed by atoms with Crippen LogP contribution in [-0.2, 0) is 6.54 Å². The van der Waals surface area contributed by atoms with E-state index in [0.29, 0.717) is 11.7 Å². The standard InChI is InChI=1S/C21H27N3O/c1-24(16-17-9-5-4-6-10-17)19-13-14-20(22-15-19)21(25)23-18-11-7-2-3-8-12-18/h4-6,9-10,13-15,18H,2-3,7-8,11-12,16H2,1H3,(H,23,25). The van der Waals surface area contributed by atoms with Crippen molar-refractivity contribution in [3.8, 4) is 0 Å². The van der Waals surface area contributed by atoms with Crippen LogP contribution >= 0.6 is 0 Å². The van der Waals surface area contributed by atoms with Crippen LogP contribution in [0.1, 0.15) is 54.6 Å². The Balaban J connectivity index is 1.58. The van der Waals surface area contributed by atoms with Crippen LogP contribution in [0.5, 0.6) is 0 Å². The maximum atomic E-state index is 12.4. The van der Waals surface area contributed by atoms with Gasteiger partial charge in [0, 0.05) is 19.6 Å². The van der Waals surface area contributed by atoms with Gasteiger partial charge in [-0.3, -0.25) is 4.79 Å². The maximum Gasteiger partial charge on any atom is 0.270 e. The Morgan fingerprint density at radius 2 is 1.80 bits per heavy atom. The Labute approximate surface area is 150 Å². The minimum Gasteiger partial charge on any atom is -0.369 e. The van der Waals surface area contributed by atoms with E-state index in [0.717, 1.165) is 25.1 Å². The summed E-state index contributed by atoms with van der Waals surface area (Å²) in [6.07, 6.45) is 8.95. The number of pyridine rings is 1. The largest absolute Gasteiger partial charge is 0.369 e. The predicted molar refractivity (Wildman–Crippen MR) is 102 cm³/mol. The quantitative estimate of drug-likeness (QED) is 0.833. The van der Waals surface area contributed by atoms with Gasteiger partial charge in [0.2, 0.25) is 0 Å². The second-order valence-electron chi connectivity index (χ2n) is 6.91. The lowest BCUT2D eigenvalue weighted by molar-refractivity contribution is 0.0928. The molecular weight excluding hydrogens is 310 g/mol. The summed E-state index contributed by atoms with van der Waals surface area (Å²) in [5.41, 5.74) is 2.76. The lowest BCUT2D eigenvalue weighted by Gasteiger charge is -2.19. The first kappa shape index (κ1) is 17.5. The fraction of sp³-hybridized carbons (Fsp3) is 0.429. The van der Waals surface area contributed by atoms with E-state index in [2.05, 4.69) is 27.3 Å². The molecule has 0 unspecified atom stereocenters. The van der Waals surface area contributed by atoms with Gasteiger partial charge in [-0.15, -0.1) is 0 Å². The van der Waals surface area contributed by atoms with E-state index in [1.54, 1.807) is 6.20 Å². The highest BCUT2D eigenvalue weighted by molar-refractivity contribution is 5.92. The lowest BCUT2D eigenvalue weighted by Crippen LogP contribution is -2.34. The molecule has 4 nitrogen and oxygen atoms in total. The van der Waals surface area contributed by atoms with Gasteiger partial charge >= 0.3 is 0 Å². The maximum absolute atomic E-state index is 12.4. The summed E-state index contributed by atoms with van der Waals surface area (Å²) in [7, 11) is 2.04. The van der Waals surface area contributed by atoms with Crippen molar-refractivity contribution in [1.29, 1.82) is 0 Å². The van der Waals surface area contributed by atoms with Crippen LogP contribution in [0.25, 0.3) is 0 Å². The van der Waals surface area contributed by atoms with Gasteiger partial charge < -0.3 is 10.2 Å². The highest BCUT2D eigenvalue weighted by Crippen LogP contribution is 2.18. The number of carbonyl (C=O) groups is 1. The normalized spacial score (nSPS) is 15.4. The van der Waals surface area contributed by atoms with E-state index in [9.17, 15) is 4.79 Å². The Morgan fingerprint density at radius 1 is 1.08 bits per heavy atom. The average Bonchev–Trinajstić information content (AvgIpc) is 2.91. The van der Waals surface area contributed by atoms with Crippen molar-refractivity contribution in [2.45, 2.75) is 51.1 Å². The van der Waals surface area contributed by atoms with Gasteiger partial charge in [0.05, 0.1) is 11.9 Å². The van der Waals surface area contributed by atoms with Gasteiger partial charge in [0.1, 0.15) is 5.69 Å². The fourth-order valence-corrected chi connectivity index (χ4v) is 3.38. The number of amides is 1. The van der Waals surface area contributed by atoms with E-state index in [1.807, 2.05) is 37.4 Å². The number of hydrogen-bond donors (Lipinski definition) is 1. The molecule has 2 aromatic rings. The second kappa shape index (κ2) is 8.65. The van der Waals surface area contributed by atoms with Crippen molar-refractivity contribution >= 4 is 11.6 Å². The molecule has 25 heavy (non-hydrogen) atoms. The minimum atomic E-state index is -0.0517. The molecule has 0 saturated heterocycles. The van der Waals surface area contributed by atoms with Crippen molar-refractivity contribution in [3.05, 3.63) is 59.9 Å². The SMILES string of the molecule is CN(Cc1ccccc1)c1ccc(C(=O)NC2CCCCCC2)nc1. The fourth-order valence-electron chi connectivity index (χ4n) is 3.38. The zero-order chi connectivity index (χ0) is 17.5. The number of rotatable bonds is 5. The molecule has 4 heteroatoms. The Kier molecular flexibility index (Phi) is 6.04. The van der Waals surface area contributed by atoms with Crippen molar-refractivity contribution in [2.24, 2.45) is 0 Å². The van der Waals surface area contributed by atoms with Gasteiger partial charge in [0.25, 0.3) is 5.91 Å². The molecule has 1 N–H and O–H groups in total. The van der Waals surface area contributed by atoms with E-state index >= 15 is 0 Å². The number of nitrogens with zero attached hydrogens (tertiary/aromatic N) is 2. The second-order valence-corrected chi connectivity index (χ2v) is 6.91. The van der Waals surface area contributed by atoms with Gasteiger partial charge in [-0.05, 0) is 30.5 Å². The zero-order valence-corrected chi connectivity index (χ0v) is 14.9. The summed E-state index contributed by atoms with van der Waals surface area (Å²) in [5, 5.41) is 3.15. The average molecular weight is 337 g/mol. The van der Waals surface area contributed by atoms with Crippen molar-refractivity contribution < 1.29 is 4.79 Å². The number of nitrogens with one attached hydrogen (secondary N) is 1. The zero-order valence-electron chi connectivity index (χ0n) is 14.9. The highest BCUT2D eigenvalue weighted by atomic mass is 16.1. The summed E-state index contributed by atoms with van der Waals surface area (Å²) < 4.78 is 0. The third kappa shape index (κ3) is 5.05. The highest BCUT2D eigenvalue weighted by Gasteiger charge is 2.16. The molecule has 132 valence electrons. The number of hydrogen-bond acceptors (Lipinski definition) is 3. The summed E-state index contributed by atoms with van der Waals surface area (Å²) in [6, 6.07) is 14.4. The van der Waals surface area contributed by atoms with Crippen LogP contribution in [0.15, 0.2) is 48.7 Å². The first-order valence-electron chi connectivity index (χ1n) is 9.24. The third-order valence-corrected chi connectivity index (χ3v) is 4.87. The summed E-state index contributed by atoms with van der Waals surface area (Å²) >= 11 is 0. The number of aromatic nitrogens is 1. The van der Waals surface area contributed by atoms with E-state index < -0.39 is 0 Å². The Bertz CT molecular complexity index is 661. The molecule has 1 heterocycles. The first-order valence-corrected chi connectivity index (χ1v) is 9.24. The van der Waals surface area contributed by atoms with Crippen LogP contribution in [0.4, 0.5) is 5.69 Å². The number of anilines is 1. The van der Waals surface area contributed by atoms with Crippen LogP contribution in [0.3, 0.4) is 0 Å². The van der Waals surface area contributed by atoms with Crippen molar-refractivity contribution in [3.63, 3.8) is 0 Å². The summed E-state index contributed by atoms with van der Waals surface area (Å²) in [6.45, 7) is 0.816. The molecule has 1 amide bonds. The molecule has 0 spiro atoms. The summed E-state index contributed by atoms with van der Waals surface area (Å²) in [5.74, 6) is -0.0517. The monoisotopic (exact) mass is 337 g/mol. The van der Waals surface area contributed by atoms with Gasteiger partial charge in [-0.1, -0.05) is 56.0 Å². The minimum absolute atomic E-state index is 0.0517. The van der Waals surface area contributed by atoms with Crippen LogP contribution in [-0.4, -0.2) is 24.0 Å². The molecule has 0 atom stereocenters. The van der Waals surface area contributed by atoms with E-state index in [1.165, 1.54) is 31.2 Å². The third-order valence-electron chi connectivity index (χ3n) is 4.87. The van der Waals surface area contributed by atoms with Gasteiger partial charge in [0.15, 0.2) is 0 Å². The van der Waals surface area contributed by atoms with Crippen LogP contribution < -0.4 is 10.2 Å². The lowest BCUT2D eigenvalue weighted by atomic mass is 10.1. The van der Waals surface area contributed by atoms with Gasteiger partial charge in [-0.2, -0.15) is 0 Å². The molecule has 0 radical (unpaired) electrons. The molecule has 1 aromatic heterocycles. The predicted octanol–water partition coefficient (Wildman–Crippen LogP) is 4.17. The molecule has 0 bridgehead atoms. The molecule has 1 saturated carbocycles. The molecule has 1 aliphatic rings. The topological polar surface area (TPSA) is 45.2 Å². The first-order chi connectivity index (χ1) is 12.2. The van der Waals surface area contributed by atoms with E-state index in [4.69, 9.17) is 0 Å². The number of benzene rings is 1. The number of carbonyl (C=O) groups excluding carboxylic acids is 1. The molecule has 1 aromatic carbocycles. The smallest absolute Gasteiger partial charge is 0.270 e. The molecule has 0 aliphatic heterocycles. The summed E-state index contributed by atoms with van der Waals surface area (Å²) in [4.78, 5) is 18.9. The molecule has 1 aliphatic carbocycles. The Morgan fingerprint density at radius 3 is 2.44 bits per heavy atom. The molecule has 3 rings (SSSR count).